The molecular weight excluding hydrogens is 281 g/mol. The van der Waals surface area contributed by atoms with Gasteiger partial charge in [0.2, 0.25) is 0 Å². The number of amides is 1. The minimum Gasteiger partial charge on any atom is -0.340 e. The molecule has 0 saturated heterocycles. The summed E-state index contributed by atoms with van der Waals surface area (Å²) in [5.41, 5.74) is 3.77. The summed E-state index contributed by atoms with van der Waals surface area (Å²) in [7, 11) is 0. The molecule has 2 heterocycles. The second kappa shape index (κ2) is 4.80. The van der Waals surface area contributed by atoms with Crippen molar-refractivity contribution < 1.29 is 9.18 Å². The number of benzene rings is 2. The number of halogens is 1. The van der Waals surface area contributed by atoms with Crippen LogP contribution in [0.4, 0.5) is 4.39 Å². The first-order valence-electron chi connectivity index (χ1n) is 6.94. The fraction of sp³-hybridized carbons (Fsp3) is 0.0588. The summed E-state index contributed by atoms with van der Waals surface area (Å²) in [6, 6.07) is 15.5. The molecule has 1 aliphatic heterocycles. The Bertz CT molecular complexity index is 840. The molecule has 1 aliphatic rings. The van der Waals surface area contributed by atoms with E-state index in [1.54, 1.807) is 12.1 Å². The van der Waals surface area contributed by atoms with Crippen LogP contribution in [0.5, 0.6) is 0 Å². The number of fused-ring (bicyclic) bond motifs is 1. The highest BCUT2D eigenvalue weighted by Crippen LogP contribution is 2.36. The zero-order chi connectivity index (χ0) is 15.1. The predicted octanol–water partition coefficient (Wildman–Crippen LogP) is 3.05. The number of aromatic amines is 1. The van der Waals surface area contributed by atoms with Crippen LogP contribution < -0.4 is 5.32 Å². The van der Waals surface area contributed by atoms with Crippen LogP contribution in [0.25, 0.3) is 11.3 Å². The molecule has 1 atom stereocenters. The van der Waals surface area contributed by atoms with Crippen molar-refractivity contribution >= 4 is 5.91 Å². The minimum atomic E-state index is -0.322. The van der Waals surface area contributed by atoms with Crippen LogP contribution in [-0.4, -0.2) is 16.1 Å². The summed E-state index contributed by atoms with van der Waals surface area (Å²) in [6.45, 7) is 0. The zero-order valence-electron chi connectivity index (χ0n) is 11.5. The van der Waals surface area contributed by atoms with Crippen molar-refractivity contribution in [1.82, 2.24) is 15.5 Å². The lowest BCUT2D eigenvalue weighted by Crippen LogP contribution is -2.21. The van der Waals surface area contributed by atoms with Gasteiger partial charge in [0.25, 0.3) is 5.91 Å². The molecule has 22 heavy (non-hydrogen) atoms. The number of nitrogens with zero attached hydrogens (tertiary/aromatic N) is 1. The second-order valence-electron chi connectivity index (χ2n) is 5.18. The van der Waals surface area contributed by atoms with Crippen molar-refractivity contribution in [3.05, 3.63) is 77.2 Å². The standard InChI is InChI=1S/C17H12FN3O/c18-12-8-6-11(7-9-12)14-13-15(10-4-2-1-3-5-10)20-21-16(13)17(22)19-14/h1-9,14H,(H,19,22)(H,20,21). The maximum absolute atomic E-state index is 13.1. The molecule has 108 valence electrons. The van der Waals surface area contributed by atoms with Gasteiger partial charge < -0.3 is 5.32 Å². The summed E-state index contributed by atoms with van der Waals surface area (Å²) in [5, 5.41) is 10.0. The Balaban J connectivity index is 1.86. The maximum Gasteiger partial charge on any atom is 0.270 e. The van der Waals surface area contributed by atoms with Crippen molar-refractivity contribution in [1.29, 1.82) is 0 Å². The van der Waals surface area contributed by atoms with Crippen LogP contribution in [0.15, 0.2) is 54.6 Å². The normalized spacial score (nSPS) is 16.4. The molecule has 2 N–H and O–H groups in total. The average molecular weight is 293 g/mol. The largest absolute Gasteiger partial charge is 0.340 e. The van der Waals surface area contributed by atoms with Gasteiger partial charge in [0.1, 0.15) is 11.5 Å². The van der Waals surface area contributed by atoms with Crippen molar-refractivity contribution in [3.63, 3.8) is 0 Å². The highest BCUT2D eigenvalue weighted by molar-refractivity contribution is 6.00. The van der Waals surface area contributed by atoms with Crippen LogP contribution >= 0.6 is 0 Å². The minimum absolute atomic E-state index is 0.195. The van der Waals surface area contributed by atoms with Gasteiger partial charge in [-0.2, -0.15) is 5.10 Å². The monoisotopic (exact) mass is 293 g/mol. The van der Waals surface area contributed by atoms with E-state index in [2.05, 4.69) is 15.5 Å². The van der Waals surface area contributed by atoms with E-state index in [9.17, 15) is 9.18 Å². The van der Waals surface area contributed by atoms with Crippen molar-refractivity contribution in [2.75, 3.05) is 0 Å². The van der Waals surface area contributed by atoms with Gasteiger partial charge in [-0.1, -0.05) is 42.5 Å². The van der Waals surface area contributed by atoms with Crippen molar-refractivity contribution in [2.45, 2.75) is 6.04 Å². The van der Waals surface area contributed by atoms with E-state index in [1.165, 1.54) is 12.1 Å². The summed E-state index contributed by atoms with van der Waals surface area (Å²) >= 11 is 0. The Hall–Kier alpha value is -2.95. The second-order valence-corrected chi connectivity index (χ2v) is 5.18. The van der Waals surface area contributed by atoms with Crippen molar-refractivity contribution in [2.24, 2.45) is 0 Å². The number of carbonyl (C=O) groups excluding carboxylic acids is 1. The van der Waals surface area contributed by atoms with Crippen molar-refractivity contribution in [3.8, 4) is 11.3 Å². The highest BCUT2D eigenvalue weighted by atomic mass is 19.1. The number of hydrogen-bond acceptors (Lipinski definition) is 2. The van der Waals surface area contributed by atoms with Crippen LogP contribution in [0.1, 0.15) is 27.7 Å². The maximum atomic E-state index is 13.1. The summed E-state index contributed by atoms with van der Waals surface area (Å²) in [4.78, 5) is 12.1. The molecule has 0 saturated carbocycles. The van der Waals surface area contributed by atoms with Gasteiger partial charge in [0.15, 0.2) is 0 Å². The molecular formula is C17H12FN3O. The molecule has 5 heteroatoms. The third kappa shape index (κ3) is 1.90. The van der Waals surface area contributed by atoms with E-state index in [-0.39, 0.29) is 17.8 Å². The lowest BCUT2D eigenvalue weighted by Gasteiger charge is -2.13. The first-order valence-corrected chi connectivity index (χ1v) is 6.94. The molecule has 4 rings (SSSR count). The van der Waals surface area contributed by atoms with E-state index in [0.29, 0.717) is 5.69 Å². The Kier molecular flexibility index (Phi) is 2.79. The van der Waals surface area contributed by atoms with Gasteiger partial charge in [-0.25, -0.2) is 4.39 Å². The zero-order valence-corrected chi connectivity index (χ0v) is 11.5. The molecule has 1 aromatic heterocycles. The molecule has 0 spiro atoms. The van der Waals surface area contributed by atoms with Gasteiger partial charge in [-0.3, -0.25) is 9.89 Å². The van der Waals surface area contributed by atoms with E-state index in [0.717, 1.165) is 22.4 Å². The number of hydrogen-bond donors (Lipinski definition) is 2. The summed E-state index contributed by atoms with van der Waals surface area (Å²) in [5.74, 6) is -0.497. The molecule has 0 bridgehead atoms. The lowest BCUT2D eigenvalue weighted by molar-refractivity contribution is 0.0955. The third-order valence-electron chi connectivity index (χ3n) is 3.85. The molecule has 0 radical (unpaired) electrons. The average Bonchev–Trinajstić information content (AvgIpc) is 3.11. The molecule has 0 fully saturated rings. The Morgan fingerprint density at radius 3 is 2.45 bits per heavy atom. The van der Waals surface area contributed by atoms with Crippen LogP contribution in [0, 0.1) is 5.82 Å². The lowest BCUT2D eigenvalue weighted by atomic mass is 9.97. The SMILES string of the molecule is O=C1NC(c2ccc(F)cc2)c2c(-c3ccccc3)n[nH]c21. The molecule has 1 amide bonds. The Morgan fingerprint density at radius 1 is 1.00 bits per heavy atom. The number of nitrogens with one attached hydrogen (secondary N) is 2. The smallest absolute Gasteiger partial charge is 0.270 e. The highest BCUT2D eigenvalue weighted by Gasteiger charge is 2.35. The number of H-pyrrole nitrogens is 1. The van der Waals surface area contributed by atoms with E-state index >= 15 is 0 Å². The molecule has 4 nitrogen and oxygen atoms in total. The van der Waals surface area contributed by atoms with Crippen LogP contribution in [0.2, 0.25) is 0 Å². The Morgan fingerprint density at radius 2 is 1.73 bits per heavy atom. The van der Waals surface area contributed by atoms with E-state index in [1.807, 2.05) is 30.3 Å². The third-order valence-corrected chi connectivity index (χ3v) is 3.85. The predicted molar refractivity (Wildman–Crippen MR) is 79.7 cm³/mol. The van der Waals surface area contributed by atoms with E-state index < -0.39 is 0 Å². The van der Waals surface area contributed by atoms with Crippen LogP contribution in [-0.2, 0) is 0 Å². The molecule has 2 aromatic carbocycles. The summed E-state index contributed by atoms with van der Waals surface area (Å²) < 4.78 is 13.1. The molecule has 1 unspecified atom stereocenters. The van der Waals surface area contributed by atoms with Gasteiger partial charge >= 0.3 is 0 Å². The Labute approximate surface area is 126 Å². The first-order chi connectivity index (χ1) is 10.7. The number of aromatic nitrogens is 2. The summed E-state index contributed by atoms with van der Waals surface area (Å²) in [6.07, 6.45) is 0. The molecule has 3 aromatic rings. The van der Waals surface area contributed by atoms with Gasteiger partial charge in [-0.05, 0) is 17.7 Å². The number of rotatable bonds is 2. The van der Waals surface area contributed by atoms with E-state index in [4.69, 9.17) is 0 Å². The van der Waals surface area contributed by atoms with Gasteiger partial charge in [0.05, 0.1) is 11.7 Å². The fourth-order valence-electron chi connectivity index (χ4n) is 2.80. The quantitative estimate of drug-likeness (QED) is 0.763. The topological polar surface area (TPSA) is 57.8 Å². The van der Waals surface area contributed by atoms with Gasteiger partial charge in [-0.15, -0.1) is 0 Å². The van der Waals surface area contributed by atoms with Gasteiger partial charge in [0, 0.05) is 11.1 Å². The number of carbonyl (C=O) groups is 1. The van der Waals surface area contributed by atoms with Crippen LogP contribution in [0.3, 0.4) is 0 Å². The fourth-order valence-corrected chi connectivity index (χ4v) is 2.80. The first kappa shape index (κ1) is 12.8. The molecule has 0 aliphatic carbocycles.